The number of hydrogen-bond donors (Lipinski definition) is 0. The van der Waals surface area contributed by atoms with Gasteiger partial charge in [-0.15, -0.1) is 0 Å². The number of aldehydes is 1. The first-order valence-corrected chi connectivity index (χ1v) is 6.30. The van der Waals surface area contributed by atoms with Gasteiger partial charge in [0.25, 0.3) is 0 Å². The van der Waals surface area contributed by atoms with E-state index < -0.39 is 0 Å². The maximum absolute atomic E-state index is 11.0. The van der Waals surface area contributed by atoms with Crippen LogP contribution in [0.25, 0.3) is 6.08 Å². The minimum absolute atomic E-state index is 0.670. The van der Waals surface area contributed by atoms with Crippen molar-refractivity contribution in [3.8, 4) is 0 Å². The summed E-state index contributed by atoms with van der Waals surface area (Å²) < 4.78 is 0. The van der Waals surface area contributed by atoms with Crippen molar-refractivity contribution in [1.29, 1.82) is 0 Å². The van der Waals surface area contributed by atoms with E-state index in [2.05, 4.69) is 0 Å². The summed E-state index contributed by atoms with van der Waals surface area (Å²) in [5, 5.41) is 0. The van der Waals surface area contributed by atoms with Crippen LogP contribution < -0.4 is 0 Å². The Morgan fingerprint density at radius 2 is 1.53 bits per heavy atom. The molecule has 0 saturated carbocycles. The zero-order valence-electron chi connectivity index (χ0n) is 10.7. The number of hydrogen-bond acceptors (Lipinski definition) is 1. The molecule has 19 heavy (non-hydrogen) atoms. The maximum Gasteiger partial charge on any atom is 0.146 e. The van der Waals surface area contributed by atoms with Crippen LogP contribution in [0.2, 0.25) is 0 Å². The highest BCUT2D eigenvalue weighted by molar-refractivity contribution is 5.75. The van der Waals surface area contributed by atoms with Gasteiger partial charge in [-0.05, 0) is 16.7 Å². The van der Waals surface area contributed by atoms with E-state index in [0.717, 1.165) is 23.0 Å². The average molecular weight is 248 g/mol. The fraction of sp³-hybridized carbons (Fsp3) is 0.0556. The second kappa shape index (κ2) is 7.12. The molecule has 0 spiro atoms. The highest BCUT2D eigenvalue weighted by atomic mass is 16.1. The lowest BCUT2D eigenvalue weighted by Gasteiger charge is -1.99. The molecule has 1 heteroatoms. The van der Waals surface area contributed by atoms with Crippen molar-refractivity contribution in [3.05, 3.63) is 89.5 Å². The van der Waals surface area contributed by atoms with Crippen molar-refractivity contribution >= 4 is 12.4 Å². The van der Waals surface area contributed by atoms with Crippen LogP contribution >= 0.6 is 0 Å². The summed E-state index contributed by atoms with van der Waals surface area (Å²) in [5.41, 5.74) is 3.05. The Balaban J connectivity index is 2.04. The van der Waals surface area contributed by atoms with Gasteiger partial charge < -0.3 is 0 Å². The Morgan fingerprint density at radius 1 is 0.895 bits per heavy atom. The molecule has 0 atom stereocenters. The molecule has 0 saturated heterocycles. The molecular weight excluding hydrogens is 232 g/mol. The molecule has 0 aliphatic heterocycles. The topological polar surface area (TPSA) is 17.1 Å². The molecule has 2 aromatic carbocycles. The van der Waals surface area contributed by atoms with Crippen LogP contribution in [-0.2, 0) is 11.2 Å². The standard InChI is InChI=1S/C18H16O/c19-15-18(14-17-10-5-2-6-11-17)13-7-12-16-8-3-1-4-9-16/h1-13,15H,14H2. The number of carbonyl (C=O) groups is 1. The van der Waals surface area contributed by atoms with Gasteiger partial charge in [0.1, 0.15) is 6.29 Å². The Bertz CT molecular complexity index is 565. The third-order valence-electron chi connectivity index (χ3n) is 2.80. The number of carbonyl (C=O) groups excluding carboxylic acids is 1. The Kier molecular flexibility index (Phi) is 4.88. The Labute approximate surface area is 113 Å². The Hall–Kier alpha value is -2.41. The highest BCUT2D eigenvalue weighted by Crippen LogP contribution is 2.07. The minimum Gasteiger partial charge on any atom is -0.298 e. The summed E-state index contributed by atoms with van der Waals surface area (Å²) in [6.07, 6.45) is 7.37. The van der Waals surface area contributed by atoms with Gasteiger partial charge >= 0.3 is 0 Å². The molecular formula is C18H16O. The van der Waals surface area contributed by atoms with Gasteiger partial charge in [0.2, 0.25) is 0 Å². The van der Waals surface area contributed by atoms with E-state index in [-0.39, 0.29) is 0 Å². The first kappa shape index (κ1) is 13.0. The largest absolute Gasteiger partial charge is 0.298 e. The molecule has 2 aromatic rings. The van der Waals surface area contributed by atoms with Crippen molar-refractivity contribution in [3.63, 3.8) is 0 Å². The monoisotopic (exact) mass is 248 g/mol. The third-order valence-corrected chi connectivity index (χ3v) is 2.80. The first-order valence-electron chi connectivity index (χ1n) is 6.30. The molecule has 0 aliphatic carbocycles. The van der Waals surface area contributed by atoms with Crippen molar-refractivity contribution in [2.24, 2.45) is 0 Å². The molecule has 0 N–H and O–H groups in total. The van der Waals surface area contributed by atoms with Gasteiger partial charge in [-0.2, -0.15) is 0 Å². The SMILES string of the molecule is O=CC(=CC=Cc1ccccc1)Cc1ccccc1. The summed E-state index contributed by atoms with van der Waals surface area (Å²) in [7, 11) is 0. The summed E-state index contributed by atoms with van der Waals surface area (Å²) in [6, 6.07) is 20.0. The van der Waals surface area contributed by atoms with E-state index in [0.29, 0.717) is 6.42 Å². The summed E-state index contributed by atoms with van der Waals surface area (Å²) in [5.74, 6) is 0. The van der Waals surface area contributed by atoms with Crippen LogP contribution in [0.15, 0.2) is 78.4 Å². The molecule has 0 aromatic heterocycles. The van der Waals surface area contributed by atoms with Crippen LogP contribution in [-0.4, -0.2) is 6.29 Å². The van der Waals surface area contributed by atoms with Crippen molar-refractivity contribution in [2.45, 2.75) is 6.42 Å². The number of benzene rings is 2. The molecule has 0 heterocycles. The van der Waals surface area contributed by atoms with Crippen LogP contribution in [0.1, 0.15) is 11.1 Å². The van der Waals surface area contributed by atoms with Crippen LogP contribution in [0.3, 0.4) is 0 Å². The van der Waals surface area contributed by atoms with E-state index in [4.69, 9.17) is 0 Å². The molecule has 0 fully saturated rings. The number of rotatable bonds is 5. The summed E-state index contributed by atoms with van der Waals surface area (Å²) in [4.78, 5) is 11.0. The molecule has 0 bridgehead atoms. The predicted molar refractivity (Wildman–Crippen MR) is 79.8 cm³/mol. The van der Waals surface area contributed by atoms with Crippen molar-refractivity contribution < 1.29 is 4.79 Å². The molecule has 0 radical (unpaired) electrons. The second-order valence-corrected chi connectivity index (χ2v) is 4.29. The third kappa shape index (κ3) is 4.40. The van der Waals surface area contributed by atoms with E-state index >= 15 is 0 Å². The fourth-order valence-electron chi connectivity index (χ4n) is 1.82. The molecule has 94 valence electrons. The Morgan fingerprint density at radius 3 is 2.16 bits per heavy atom. The van der Waals surface area contributed by atoms with Gasteiger partial charge in [-0.3, -0.25) is 4.79 Å². The van der Waals surface area contributed by atoms with E-state index in [9.17, 15) is 4.79 Å². The normalized spacial score (nSPS) is 11.7. The predicted octanol–water partition coefficient (Wildman–Crippen LogP) is 4.07. The van der Waals surface area contributed by atoms with Crippen molar-refractivity contribution in [1.82, 2.24) is 0 Å². The van der Waals surface area contributed by atoms with Gasteiger partial charge in [0.05, 0.1) is 0 Å². The second-order valence-electron chi connectivity index (χ2n) is 4.29. The van der Waals surface area contributed by atoms with Gasteiger partial charge in [-0.25, -0.2) is 0 Å². The molecule has 0 aliphatic rings. The van der Waals surface area contributed by atoms with Gasteiger partial charge in [0, 0.05) is 6.42 Å². The van der Waals surface area contributed by atoms with E-state index in [1.807, 2.05) is 78.9 Å². The van der Waals surface area contributed by atoms with Gasteiger partial charge in [0.15, 0.2) is 0 Å². The zero-order valence-corrected chi connectivity index (χ0v) is 10.7. The summed E-state index contributed by atoms with van der Waals surface area (Å²) in [6.45, 7) is 0. The number of allylic oxidation sites excluding steroid dienone is 3. The highest BCUT2D eigenvalue weighted by Gasteiger charge is 1.96. The zero-order chi connectivity index (χ0) is 13.3. The quantitative estimate of drug-likeness (QED) is 0.443. The van der Waals surface area contributed by atoms with Gasteiger partial charge in [-0.1, -0.05) is 78.9 Å². The fourth-order valence-corrected chi connectivity index (χ4v) is 1.82. The minimum atomic E-state index is 0.670. The maximum atomic E-state index is 11.0. The lowest BCUT2D eigenvalue weighted by molar-refractivity contribution is -0.105. The molecule has 1 nitrogen and oxygen atoms in total. The smallest absolute Gasteiger partial charge is 0.146 e. The van der Waals surface area contributed by atoms with Crippen molar-refractivity contribution in [2.75, 3.05) is 0 Å². The lowest BCUT2D eigenvalue weighted by atomic mass is 10.1. The summed E-state index contributed by atoms with van der Waals surface area (Å²) >= 11 is 0. The van der Waals surface area contributed by atoms with E-state index in [1.54, 1.807) is 0 Å². The van der Waals surface area contributed by atoms with Crippen LogP contribution in [0.4, 0.5) is 0 Å². The molecule has 2 rings (SSSR count). The molecule has 0 unspecified atom stereocenters. The first-order chi connectivity index (χ1) is 9.38. The molecule has 0 amide bonds. The van der Waals surface area contributed by atoms with E-state index in [1.165, 1.54) is 0 Å². The van der Waals surface area contributed by atoms with Crippen LogP contribution in [0, 0.1) is 0 Å². The van der Waals surface area contributed by atoms with Crippen LogP contribution in [0.5, 0.6) is 0 Å². The average Bonchev–Trinajstić information content (AvgIpc) is 2.48. The lowest BCUT2D eigenvalue weighted by Crippen LogP contribution is -1.90.